The van der Waals surface area contributed by atoms with E-state index in [9.17, 15) is 13.2 Å². The molecule has 0 fully saturated rings. The number of hydrogen-bond donors (Lipinski definition) is 2. The Morgan fingerprint density at radius 1 is 1.19 bits per heavy atom. The molecule has 2 aromatic rings. The summed E-state index contributed by atoms with van der Waals surface area (Å²) in [4.78, 5) is 11.6. The molecule has 0 aliphatic rings. The fourth-order valence-electron chi connectivity index (χ4n) is 2.34. The molecule has 0 heterocycles. The predicted octanol–water partition coefficient (Wildman–Crippen LogP) is 3.28. The van der Waals surface area contributed by atoms with E-state index in [2.05, 4.69) is 10.0 Å². The van der Waals surface area contributed by atoms with E-state index in [0.717, 1.165) is 12.0 Å². The normalized spacial score (nSPS) is 12.4. The topological polar surface area (TPSA) is 84.5 Å². The van der Waals surface area contributed by atoms with Crippen LogP contribution in [0.1, 0.15) is 31.9 Å². The van der Waals surface area contributed by atoms with Crippen LogP contribution < -0.4 is 14.8 Å². The van der Waals surface area contributed by atoms with Gasteiger partial charge in [0, 0.05) is 12.6 Å². The number of hydrogen-bond acceptors (Lipinski definition) is 4. The van der Waals surface area contributed by atoms with Gasteiger partial charge in [-0.15, -0.1) is 0 Å². The Balaban J connectivity index is 2.05. The van der Waals surface area contributed by atoms with Gasteiger partial charge in [-0.1, -0.05) is 48.9 Å². The third kappa shape index (κ3) is 6.23. The Kier molecular flexibility index (Phi) is 7.65. The third-order valence-corrected chi connectivity index (χ3v) is 5.61. The molecule has 0 spiro atoms. The van der Waals surface area contributed by atoms with E-state index < -0.39 is 16.1 Å². The molecule has 1 atom stereocenters. The zero-order valence-corrected chi connectivity index (χ0v) is 16.8. The molecule has 0 bridgehead atoms. The zero-order chi connectivity index (χ0) is 19.9. The van der Waals surface area contributed by atoms with Gasteiger partial charge in [-0.3, -0.25) is 4.79 Å². The number of halogens is 1. The Hall–Kier alpha value is -2.09. The molecule has 6 nitrogen and oxygen atoms in total. The first-order chi connectivity index (χ1) is 12.8. The Morgan fingerprint density at radius 3 is 2.52 bits per heavy atom. The Bertz CT molecular complexity index is 873. The van der Waals surface area contributed by atoms with E-state index in [1.807, 2.05) is 37.3 Å². The lowest BCUT2D eigenvalue weighted by Gasteiger charge is -2.15. The van der Waals surface area contributed by atoms with Crippen molar-refractivity contribution in [1.29, 1.82) is 0 Å². The van der Waals surface area contributed by atoms with Gasteiger partial charge >= 0.3 is 0 Å². The summed E-state index contributed by atoms with van der Waals surface area (Å²) in [6.45, 7) is 4.10. The van der Waals surface area contributed by atoms with E-state index in [4.69, 9.17) is 16.3 Å². The van der Waals surface area contributed by atoms with Gasteiger partial charge in [0.2, 0.25) is 10.0 Å². The summed E-state index contributed by atoms with van der Waals surface area (Å²) in [6, 6.07) is 13.0. The first-order valence-corrected chi connectivity index (χ1v) is 10.5. The highest BCUT2D eigenvalue weighted by molar-refractivity contribution is 7.89. The number of benzene rings is 2. The van der Waals surface area contributed by atoms with Gasteiger partial charge in [0.25, 0.3) is 5.91 Å². The highest BCUT2D eigenvalue weighted by atomic mass is 35.5. The lowest BCUT2D eigenvalue weighted by molar-refractivity contribution is -0.123. The lowest BCUT2D eigenvalue weighted by atomic mass is 10.1. The summed E-state index contributed by atoms with van der Waals surface area (Å²) in [7, 11) is -3.76. The van der Waals surface area contributed by atoms with Crippen LogP contribution in [0.15, 0.2) is 53.4 Å². The van der Waals surface area contributed by atoms with Crippen LogP contribution in [-0.2, 0) is 14.8 Å². The minimum absolute atomic E-state index is 0.0260. The average Bonchev–Trinajstić information content (AvgIpc) is 2.65. The van der Waals surface area contributed by atoms with Gasteiger partial charge in [-0.2, -0.15) is 0 Å². The molecule has 0 aliphatic carbocycles. The van der Waals surface area contributed by atoms with Crippen LogP contribution in [0, 0.1) is 0 Å². The van der Waals surface area contributed by atoms with Gasteiger partial charge in [-0.05, 0) is 37.1 Å². The zero-order valence-electron chi connectivity index (χ0n) is 15.2. The van der Waals surface area contributed by atoms with Crippen molar-refractivity contribution in [2.24, 2.45) is 0 Å². The standard InChI is InChI=1S/C19H23ClN2O4S/c1-3-11-21-19(23)13-26-18-10-9-16(12-17(18)20)27(24,25)22-14(2)15-7-5-4-6-8-15/h4-10,12,14,22H,3,11,13H2,1-2H3,(H,21,23). The second kappa shape index (κ2) is 9.73. The van der Waals surface area contributed by atoms with Crippen LogP contribution in [0.5, 0.6) is 5.75 Å². The molecule has 0 radical (unpaired) electrons. The fraction of sp³-hybridized carbons (Fsp3) is 0.316. The third-order valence-electron chi connectivity index (χ3n) is 3.78. The van der Waals surface area contributed by atoms with E-state index in [1.54, 1.807) is 6.92 Å². The van der Waals surface area contributed by atoms with Crippen LogP contribution >= 0.6 is 11.6 Å². The highest BCUT2D eigenvalue weighted by Crippen LogP contribution is 2.28. The van der Waals surface area contributed by atoms with E-state index in [1.165, 1.54) is 18.2 Å². The number of rotatable bonds is 9. The molecule has 2 rings (SSSR count). The molecular weight excluding hydrogens is 388 g/mol. The molecule has 0 saturated carbocycles. The van der Waals surface area contributed by atoms with Crippen molar-refractivity contribution in [2.45, 2.75) is 31.2 Å². The SMILES string of the molecule is CCCNC(=O)COc1ccc(S(=O)(=O)NC(C)c2ccccc2)cc1Cl. The molecule has 8 heteroatoms. The number of carbonyl (C=O) groups is 1. The fourth-order valence-corrected chi connectivity index (χ4v) is 3.89. The molecule has 0 aromatic heterocycles. The number of nitrogens with one attached hydrogen (secondary N) is 2. The maximum Gasteiger partial charge on any atom is 0.257 e. The van der Waals surface area contributed by atoms with Crippen molar-refractivity contribution in [1.82, 2.24) is 10.0 Å². The predicted molar refractivity (Wildman–Crippen MR) is 105 cm³/mol. The second-order valence-electron chi connectivity index (χ2n) is 5.98. The largest absolute Gasteiger partial charge is 0.482 e. The Morgan fingerprint density at radius 2 is 1.89 bits per heavy atom. The first kappa shape index (κ1) is 21.2. The van der Waals surface area contributed by atoms with Crippen molar-refractivity contribution in [3.05, 3.63) is 59.1 Å². The second-order valence-corrected chi connectivity index (χ2v) is 8.11. The molecule has 1 unspecified atom stereocenters. The summed E-state index contributed by atoms with van der Waals surface area (Å²) in [5.41, 5.74) is 0.852. The van der Waals surface area contributed by atoms with Gasteiger partial charge in [0.15, 0.2) is 6.61 Å². The number of ether oxygens (including phenoxy) is 1. The van der Waals surface area contributed by atoms with Gasteiger partial charge in [-0.25, -0.2) is 13.1 Å². The van der Waals surface area contributed by atoms with Crippen LogP contribution in [0.25, 0.3) is 0 Å². The minimum Gasteiger partial charge on any atom is -0.482 e. The van der Waals surface area contributed by atoms with Crippen molar-refractivity contribution in [3.63, 3.8) is 0 Å². The molecule has 146 valence electrons. The van der Waals surface area contributed by atoms with Gasteiger partial charge in [0.05, 0.1) is 9.92 Å². The summed E-state index contributed by atoms with van der Waals surface area (Å²) < 4.78 is 33.2. The van der Waals surface area contributed by atoms with Crippen molar-refractivity contribution in [2.75, 3.05) is 13.2 Å². The molecule has 2 aromatic carbocycles. The first-order valence-electron chi connectivity index (χ1n) is 8.60. The van der Waals surface area contributed by atoms with Gasteiger partial charge < -0.3 is 10.1 Å². The van der Waals surface area contributed by atoms with Crippen LogP contribution in [0.2, 0.25) is 5.02 Å². The minimum atomic E-state index is -3.76. The maximum absolute atomic E-state index is 12.6. The van der Waals surface area contributed by atoms with Crippen LogP contribution in [-0.4, -0.2) is 27.5 Å². The quantitative estimate of drug-likeness (QED) is 0.664. The van der Waals surface area contributed by atoms with Crippen LogP contribution in [0.4, 0.5) is 0 Å². The molecular formula is C19H23ClN2O4S. The number of carbonyl (C=O) groups excluding carboxylic acids is 1. The van der Waals surface area contributed by atoms with Crippen LogP contribution in [0.3, 0.4) is 0 Å². The van der Waals surface area contributed by atoms with E-state index in [0.29, 0.717) is 6.54 Å². The maximum atomic E-state index is 12.6. The summed E-state index contributed by atoms with van der Waals surface area (Å²) >= 11 is 6.13. The number of sulfonamides is 1. The summed E-state index contributed by atoms with van der Waals surface area (Å²) in [5.74, 6) is -0.0126. The van der Waals surface area contributed by atoms with Crippen molar-refractivity contribution >= 4 is 27.5 Å². The molecule has 2 N–H and O–H groups in total. The Labute approximate surface area is 164 Å². The highest BCUT2D eigenvalue weighted by Gasteiger charge is 2.20. The number of amides is 1. The smallest absolute Gasteiger partial charge is 0.257 e. The van der Waals surface area contributed by atoms with Crippen molar-refractivity contribution < 1.29 is 17.9 Å². The monoisotopic (exact) mass is 410 g/mol. The average molecular weight is 411 g/mol. The van der Waals surface area contributed by atoms with E-state index >= 15 is 0 Å². The van der Waals surface area contributed by atoms with Crippen molar-refractivity contribution in [3.8, 4) is 5.75 Å². The van der Waals surface area contributed by atoms with Gasteiger partial charge in [0.1, 0.15) is 5.75 Å². The summed E-state index contributed by atoms with van der Waals surface area (Å²) in [5, 5.41) is 2.80. The molecule has 1 amide bonds. The molecule has 0 aliphatic heterocycles. The lowest BCUT2D eigenvalue weighted by Crippen LogP contribution is -2.29. The summed E-state index contributed by atoms with van der Waals surface area (Å²) in [6.07, 6.45) is 0.827. The van der Waals surface area contributed by atoms with E-state index in [-0.39, 0.29) is 28.2 Å². The molecule has 0 saturated heterocycles. The molecule has 27 heavy (non-hydrogen) atoms.